The van der Waals surface area contributed by atoms with E-state index in [0.717, 1.165) is 0 Å². The number of fused-ring (bicyclic) bond motifs is 1. The summed E-state index contributed by atoms with van der Waals surface area (Å²) in [5, 5.41) is 0. The molecule has 17 heavy (non-hydrogen) atoms. The normalized spacial score (nSPS) is 12.3. The van der Waals surface area contributed by atoms with Gasteiger partial charge in [-0.2, -0.15) is 0 Å². The van der Waals surface area contributed by atoms with Gasteiger partial charge in [0.15, 0.2) is 0 Å². The standard InChI is InChI=1S/C9H10N5O2P/c1-6(16-5-17-15)2-14-4-13-7-8(10)11-3-12-9(7)14/h3-4,6H,2H2,1H3,(H2,10,11,12)/t6-/m0/s1. The molecule has 0 amide bonds. The summed E-state index contributed by atoms with van der Waals surface area (Å²) in [5.41, 5.74) is 6.88. The molecule has 0 aliphatic rings. The molecule has 0 radical (unpaired) electrons. The molecule has 2 N–H and O–H groups in total. The minimum atomic E-state index is -0.269. The molecule has 7 nitrogen and oxygen atoms in total. The van der Waals surface area contributed by atoms with Gasteiger partial charge in [-0.25, -0.2) is 0 Å². The van der Waals surface area contributed by atoms with Gasteiger partial charge in [-0.1, -0.05) is 0 Å². The molecule has 1 atom stereocenters. The fourth-order valence-corrected chi connectivity index (χ4v) is 1.68. The molecule has 0 aromatic carbocycles. The molecule has 0 aliphatic carbocycles. The second kappa shape index (κ2) is 5.10. The average Bonchev–Trinajstić information content (AvgIpc) is 2.71. The van der Waals surface area contributed by atoms with Crippen molar-refractivity contribution in [1.29, 1.82) is 0 Å². The number of hydrogen-bond acceptors (Lipinski definition) is 6. The van der Waals surface area contributed by atoms with E-state index in [-0.39, 0.29) is 14.0 Å². The van der Waals surface area contributed by atoms with E-state index in [2.05, 4.69) is 20.8 Å². The second-order valence-electron chi connectivity index (χ2n) is 3.44. The third-order valence-corrected chi connectivity index (χ3v) is 2.35. The first-order valence-electron chi connectivity index (χ1n) is 4.86. The molecule has 0 aliphatic heterocycles. The van der Waals surface area contributed by atoms with E-state index in [1.807, 2.05) is 6.92 Å². The third kappa shape index (κ3) is 2.53. The van der Waals surface area contributed by atoms with Gasteiger partial charge >= 0.3 is 97.5 Å². The minimum absolute atomic E-state index is 0.190. The van der Waals surface area contributed by atoms with E-state index in [4.69, 9.17) is 10.5 Å². The van der Waals surface area contributed by atoms with Crippen LogP contribution in [0, 0.1) is 5.81 Å². The molecular formula is C9H10N5O2P. The fraction of sp³-hybridized carbons (Fsp3) is 0.333. The van der Waals surface area contributed by atoms with Gasteiger partial charge in [0.25, 0.3) is 0 Å². The summed E-state index contributed by atoms with van der Waals surface area (Å²) in [6.07, 6.45) is 2.81. The summed E-state index contributed by atoms with van der Waals surface area (Å²) >= 11 is 0. The number of rotatable bonds is 3. The van der Waals surface area contributed by atoms with Crippen LogP contribution in [0.15, 0.2) is 12.7 Å². The van der Waals surface area contributed by atoms with Gasteiger partial charge in [0.2, 0.25) is 0 Å². The Morgan fingerprint density at radius 3 is 3.18 bits per heavy atom. The summed E-state index contributed by atoms with van der Waals surface area (Å²) in [7, 11) is -0.269. The van der Waals surface area contributed by atoms with Crippen LogP contribution in [0.3, 0.4) is 0 Å². The molecule has 0 unspecified atom stereocenters. The van der Waals surface area contributed by atoms with E-state index >= 15 is 0 Å². The topological polar surface area (TPSA) is 95.9 Å². The van der Waals surface area contributed by atoms with Crippen LogP contribution in [0.25, 0.3) is 11.2 Å². The van der Waals surface area contributed by atoms with Crippen molar-refractivity contribution in [3.63, 3.8) is 0 Å². The van der Waals surface area contributed by atoms with Crippen LogP contribution >= 0.6 is 7.92 Å². The van der Waals surface area contributed by atoms with Gasteiger partial charge in [0.1, 0.15) is 0 Å². The zero-order valence-corrected chi connectivity index (χ0v) is 9.96. The van der Waals surface area contributed by atoms with Crippen LogP contribution in [0.2, 0.25) is 0 Å². The summed E-state index contributed by atoms with van der Waals surface area (Å²) < 4.78 is 17.0. The van der Waals surface area contributed by atoms with Crippen molar-refractivity contribution in [1.82, 2.24) is 19.5 Å². The van der Waals surface area contributed by atoms with Crippen molar-refractivity contribution in [3.8, 4) is 5.81 Å². The molecule has 0 fully saturated rings. The Kier molecular flexibility index (Phi) is 3.54. The van der Waals surface area contributed by atoms with Crippen molar-refractivity contribution >= 4 is 24.9 Å². The van der Waals surface area contributed by atoms with Crippen LogP contribution in [0.4, 0.5) is 5.82 Å². The quantitative estimate of drug-likeness (QED) is 0.818. The Morgan fingerprint density at radius 1 is 1.59 bits per heavy atom. The molecule has 2 rings (SSSR count). The van der Waals surface area contributed by atoms with E-state index < -0.39 is 0 Å². The van der Waals surface area contributed by atoms with Gasteiger partial charge < -0.3 is 0 Å². The van der Waals surface area contributed by atoms with Gasteiger partial charge in [-0.05, 0) is 0 Å². The van der Waals surface area contributed by atoms with Crippen molar-refractivity contribution in [2.24, 2.45) is 0 Å². The van der Waals surface area contributed by atoms with Gasteiger partial charge in [-0.3, -0.25) is 0 Å². The number of anilines is 1. The first kappa shape index (κ1) is 11.8. The SMILES string of the molecule is C[C@@H](Cn1cnc2c(N)ncnc21)OC#P=O. The molecule has 0 saturated heterocycles. The Morgan fingerprint density at radius 2 is 2.41 bits per heavy atom. The molecule has 88 valence electrons. The Labute approximate surface area is 98.1 Å². The maximum atomic E-state index is 10.2. The molecule has 0 saturated carbocycles. The summed E-state index contributed by atoms with van der Waals surface area (Å²) in [5.74, 6) is 2.59. The van der Waals surface area contributed by atoms with E-state index in [1.54, 1.807) is 10.9 Å². The van der Waals surface area contributed by atoms with Gasteiger partial charge in [0.05, 0.1) is 0 Å². The molecule has 2 heterocycles. The fourth-order valence-electron chi connectivity index (χ4n) is 1.46. The van der Waals surface area contributed by atoms with Crippen molar-refractivity contribution < 1.29 is 9.30 Å². The van der Waals surface area contributed by atoms with Crippen LogP contribution in [-0.4, -0.2) is 25.6 Å². The predicted octanol–water partition coefficient (Wildman–Crippen LogP) is 1.02. The molecule has 2 aromatic rings. The van der Waals surface area contributed by atoms with Crippen LogP contribution in [0.1, 0.15) is 6.92 Å². The number of nitrogens with two attached hydrogens (primary N) is 1. The zero-order chi connectivity index (χ0) is 12.3. The second-order valence-corrected chi connectivity index (χ2v) is 3.80. The number of nitrogens with zero attached hydrogens (tertiary/aromatic N) is 4. The maximum absolute atomic E-state index is 10.2. The Bertz CT molecular complexity index is 635. The molecule has 2 aromatic heterocycles. The van der Waals surface area contributed by atoms with Gasteiger partial charge in [-0.15, -0.1) is 0 Å². The molecule has 0 spiro atoms. The average molecular weight is 251 g/mol. The summed E-state index contributed by atoms with van der Waals surface area (Å²) in [4.78, 5) is 12.1. The van der Waals surface area contributed by atoms with Gasteiger partial charge in [0, 0.05) is 0 Å². The number of ether oxygens (including phenoxy) is 1. The Hall–Kier alpha value is -1.68. The predicted molar refractivity (Wildman–Crippen MR) is 61.8 cm³/mol. The van der Waals surface area contributed by atoms with E-state index in [0.29, 0.717) is 23.5 Å². The molecular weight excluding hydrogens is 241 g/mol. The van der Waals surface area contributed by atoms with Crippen molar-refractivity contribution in [2.45, 2.75) is 19.6 Å². The molecule has 8 heteroatoms. The summed E-state index contributed by atoms with van der Waals surface area (Å²) in [6.45, 7) is 2.34. The van der Waals surface area contributed by atoms with Crippen LogP contribution < -0.4 is 5.73 Å². The first-order valence-corrected chi connectivity index (χ1v) is 5.68. The molecule has 0 bridgehead atoms. The number of aromatic nitrogens is 4. The van der Waals surface area contributed by atoms with E-state index in [9.17, 15) is 4.57 Å². The number of imidazole rings is 1. The van der Waals surface area contributed by atoms with Crippen LogP contribution in [-0.2, 0) is 15.8 Å². The van der Waals surface area contributed by atoms with Crippen molar-refractivity contribution in [3.05, 3.63) is 12.7 Å². The van der Waals surface area contributed by atoms with Crippen molar-refractivity contribution in [2.75, 3.05) is 5.73 Å². The van der Waals surface area contributed by atoms with Crippen LogP contribution in [0.5, 0.6) is 0 Å². The Balaban J connectivity index is 2.27. The van der Waals surface area contributed by atoms with E-state index in [1.165, 1.54) is 6.33 Å². The summed E-state index contributed by atoms with van der Waals surface area (Å²) in [6, 6.07) is 0. The third-order valence-electron chi connectivity index (χ3n) is 2.17. The number of nitrogen functional groups attached to an aromatic ring is 1. The monoisotopic (exact) mass is 251 g/mol. The number of hydrogen-bond donors (Lipinski definition) is 1. The zero-order valence-electron chi connectivity index (χ0n) is 9.07. The first-order chi connectivity index (χ1) is 8.22.